The zero-order valence-electron chi connectivity index (χ0n) is 10.5. The Labute approximate surface area is 138 Å². The molecule has 8 heteroatoms. The molecule has 1 amide bonds. The number of benzene rings is 2. The van der Waals surface area contributed by atoms with Gasteiger partial charge in [-0.3, -0.25) is 14.9 Å². The first-order valence-corrected chi connectivity index (χ1v) is 7.14. The number of nitro groups is 1. The summed E-state index contributed by atoms with van der Waals surface area (Å²) < 4.78 is 0.748. The Morgan fingerprint density at radius 3 is 2.62 bits per heavy atom. The quantitative estimate of drug-likeness (QED) is 0.344. The van der Waals surface area contributed by atoms with Gasteiger partial charge in [-0.2, -0.15) is 0 Å². The SMILES string of the molecule is Nc1ccc([N+](=O)[O-])cc1C(=O)Nc1ccc(Cl)cc1I. The van der Waals surface area contributed by atoms with Gasteiger partial charge in [0.2, 0.25) is 0 Å². The minimum Gasteiger partial charge on any atom is -0.398 e. The Balaban J connectivity index is 2.32. The number of nitrogens with one attached hydrogen (secondary N) is 1. The number of rotatable bonds is 3. The molecule has 0 fully saturated rings. The average molecular weight is 418 g/mol. The number of anilines is 2. The number of halogens is 2. The number of nitro benzene ring substituents is 1. The number of nitrogens with two attached hydrogens (primary N) is 1. The first-order chi connectivity index (χ1) is 9.88. The summed E-state index contributed by atoms with van der Waals surface area (Å²) >= 11 is 7.86. The van der Waals surface area contributed by atoms with Gasteiger partial charge in [-0.05, 0) is 46.9 Å². The van der Waals surface area contributed by atoms with Gasteiger partial charge in [0.1, 0.15) is 0 Å². The molecule has 0 heterocycles. The molecular formula is C13H9ClIN3O3. The second kappa shape index (κ2) is 6.27. The standard InChI is InChI=1S/C13H9ClIN3O3/c14-7-1-4-12(10(15)5-7)17-13(19)9-6-8(18(20)21)2-3-11(9)16/h1-6H,16H2,(H,17,19). The second-order valence-corrected chi connectivity index (χ2v) is 5.71. The third kappa shape index (κ3) is 3.61. The van der Waals surface area contributed by atoms with E-state index in [0.29, 0.717) is 10.7 Å². The zero-order valence-corrected chi connectivity index (χ0v) is 13.4. The van der Waals surface area contributed by atoms with E-state index in [9.17, 15) is 14.9 Å². The lowest BCUT2D eigenvalue weighted by Crippen LogP contribution is -2.15. The van der Waals surface area contributed by atoms with Crippen LogP contribution in [-0.2, 0) is 0 Å². The van der Waals surface area contributed by atoms with E-state index in [1.165, 1.54) is 12.1 Å². The van der Waals surface area contributed by atoms with Gasteiger partial charge in [0.25, 0.3) is 11.6 Å². The molecule has 108 valence electrons. The molecule has 6 nitrogen and oxygen atoms in total. The predicted octanol–water partition coefficient (Wildman–Crippen LogP) is 3.69. The van der Waals surface area contributed by atoms with Crippen LogP contribution in [-0.4, -0.2) is 10.8 Å². The largest absolute Gasteiger partial charge is 0.398 e. The zero-order chi connectivity index (χ0) is 15.6. The lowest BCUT2D eigenvalue weighted by atomic mass is 10.1. The highest BCUT2D eigenvalue weighted by Gasteiger charge is 2.16. The van der Waals surface area contributed by atoms with E-state index < -0.39 is 10.8 Å². The van der Waals surface area contributed by atoms with E-state index in [4.69, 9.17) is 17.3 Å². The number of hydrogen-bond acceptors (Lipinski definition) is 4. The van der Waals surface area contributed by atoms with Crippen molar-refractivity contribution in [2.24, 2.45) is 0 Å². The molecule has 0 saturated carbocycles. The Morgan fingerprint density at radius 1 is 1.29 bits per heavy atom. The van der Waals surface area contributed by atoms with Crippen molar-refractivity contribution in [3.8, 4) is 0 Å². The monoisotopic (exact) mass is 417 g/mol. The fourth-order valence-electron chi connectivity index (χ4n) is 1.63. The van der Waals surface area contributed by atoms with Gasteiger partial charge >= 0.3 is 0 Å². The van der Waals surface area contributed by atoms with Crippen molar-refractivity contribution in [1.29, 1.82) is 0 Å². The maximum Gasteiger partial charge on any atom is 0.270 e. The summed E-state index contributed by atoms with van der Waals surface area (Å²) in [5.74, 6) is -0.517. The number of hydrogen-bond donors (Lipinski definition) is 2. The van der Waals surface area contributed by atoms with Crippen molar-refractivity contribution in [3.05, 3.63) is 60.7 Å². The summed E-state index contributed by atoms with van der Waals surface area (Å²) in [5.41, 5.74) is 6.28. The normalized spacial score (nSPS) is 10.2. The number of amides is 1. The van der Waals surface area contributed by atoms with Gasteiger partial charge in [-0.15, -0.1) is 0 Å². The summed E-state index contributed by atoms with van der Waals surface area (Å²) in [7, 11) is 0. The van der Waals surface area contributed by atoms with Crippen molar-refractivity contribution in [1.82, 2.24) is 0 Å². The number of non-ortho nitro benzene ring substituents is 1. The molecule has 0 bridgehead atoms. The minimum atomic E-state index is -0.581. The first kappa shape index (κ1) is 15.5. The Morgan fingerprint density at radius 2 is 2.00 bits per heavy atom. The van der Waals surface area contributed by atoms with Crippen LogP contribution in [0.3, 0.4) is 0 Å². The molecule has 2 rings (SSSR count). The highest BCUT2D eigenvalue weighted by atomic mass is 127. The molecule has 0 atom stereocenters. The summed E-state index contributed by atoms with van der Waals surface area (Å²) in [6, 6.07) is 8.70. The van der Waals surface area contributed by atoms with Crippen LogP contribution in [0.5, 0.6) is 0 Å². The summed E-state index contributed by atoms with van der Waals surface area (Å²) in [4.78, 5) is 22.4. The molecule has 3 N–H and O–H groups in total. The van der Waals surface area contributed by atoms with Crippen LogP contribution in [0.4, 0.5) is 17.1 Å². The van der Waals surface area contributed by atoms with Gasteiger partial charge in [0, 0.05) is 26.4 Å². The number of nitrogen functional groups attached to an aromatic ring is 1. The predicted molar refractivity (Wildman–Crippen MR) is 89.6 cm³/mol. The molecule has 0 unspecified atom stereocenters. The van der Waals surface area contributed by atoms with Crippen LogP contribution in [0.2, 0.25) is 5.02 Å². The molecular weight excluding hydrogens is 409 g/mol. The van der Waals surface area contributed by atoms with Crippen LogP contribution in [0.1, 0.15) is 10.4 Å². The molecule has 0 aromatic heterocycles. The van der Waals surface area contributed by atoms with Gasteiger partial charge in [-0.25, -0.2) is 0 Å². The summed E-state index contributed by atoms with van der Waals surface area (Å²) in [5, 5.41) is 14.0. The Hall–Kier alpha value is -1.87. The van der Waals surface area contributed by atoms with Crippen molar-refractivity contribution in [3.63, 3.8) is 0 Å². The number of carbonyl (C=O) groups excluding carboxylic acids is 1. The summed E-state index contributed by atoms with van der Waals surface area (Å²) in [6.45, 7) is 0. The van der Waals surface area contributed by atoms with Crippen molar-refractivity contribution < 1.29 is 9.72 Å². The molecule has 0 aliphatic rings. The molecule has 21 heavy (non-hydrogen) atoms. The molecule has 0 aliphatic carbocycles. The number of nitrogens with zero attached hydrogens (tertiary/aromatic N) is 1. The van der Waals surface area contributed by atoms with E-state index in [1.807, 2.05) is 22.6 Å². The summed E-state index contributed by atoms with van der Waals surface area (Å²) in [6.07, 6.45) is 0. The maximum absolute atomic E-state index is 12.2. The number of carbonyl (C=O) groups is 1. The maximum atomic E-state index is 12.2. The molecule has 2 aromatic carbocycles. The van der Waals surface area contributed by atoms with Gasteiger partial charge in [0.15, 0.2) is 0 Å². The smallest absolute Gasteiger partial charge is 0.270 e. The van der Waals surface area contributed by atoms with E-state index >= 15 is 0 Å². The van der Waals surface area contributed by atoms with Gasteiger partial charge in [-0.1, -0.05) is 11.6 Å². The van der Waals surface area contributed by atoms with Crippen molar-refractivity contribution in [2.45, 2.75) is 0 Å². The first-order valence-electron chi connectivity index (χ1n) is 5.69. The topological polar surface area (TPSA) is 98.3 Å². The van der Waals surface area contributed by atoms with Crippen LogP contribution >= 0.6 is 34.2 Å². The molecule has 2 aromatic rings. The van der Waals surface area contributed by atoms with Gasteiger partial charge < -0.3 is 11.1 Å². The van der Waals surface area contributed by atoms with Crippen LogP contribution in [0.15, 0.2) is 36.4 Å². The highest BCUT2D eigenvalue weighted by Crippen LogP contribution is 2.25. The molecule has 0 radical (unpaired) electrons. The van der Waals surface area contributed by atoms with Crippen molar-refractivity contribution in [2.75, 3.05) is 11.1 Å². The van der Waals surface area contributed by atoms with E-state index in [-0.39, 0.29) is 16.9 Å². The average Bonchev–Trinajstić information content (AvgIpc) is 2.42. The van der Waals surface area contributed by atoms with Crippen molar-refractivity contribution >= 4 is 57.2 Å². The van der Waals surface area contributed by atoms with Gasteiger partial charge in [0.05, 0.1) is 16.2 Å². The third-order valence-electron chi connectivity index (χ3n) is 2.67. The van der Waals surface area contributed by atoms with Crippen LogP contribution < -0.4 is 11.1 Å². The highest BCUT2D eigenvalue weighted by molar-refractivity contribution is 14.1. The van der Waals surface area contributed by atoms with Crippen LogP contribution in [0, 0.1) is 13.7 Å². The third-order valence-corrected chi connectivity index (χ3v) is 3.80. The van der Waals surface area contributed by atoms with E-state index in [1.54, 1.807) is 18.2 Å². The van der Waals surface area contributed by atoms with E-state index in [0.717, 1.165) is 9.64 Å². The Bertz CT molecular complexity index is 737. The Kier molecular flexibility index (Phi) is 4.63. The fourth-order valence-corrected chi connectivity index (χ4v) is 2.64. The molecule has 0 spiro atoms. The lowest BCUT2D eigenvalue weighted by Gasteiger charge is -2.09. The minimum absolute atomic E-state index is 0.0509. The van der Waals surface area contributed by atoms with Crippen LogP contribution in [0.25, 0.3) is 0 Å². The molecule has 0 saturated heterocycles. The van der Waals surface area contributed by atoms with E-state index in [2.05, 4.69) is 5.32 Å². The molecule has 0 aliphatic heterocycles. The lowest BCUT2D eigenvalue weighted by molar-refractivity contribution is -0.384. The second-order valence-electron chi connectivity index (χ2n) is 4.11. The fraction of sp³-hybridized carbons (Fsp3) is 0.